The minimum absolute atomic E-state index is 0.00686. The molecule has 0 saturated heterocycles. The summed E-state index contributed by atoms with van der Waals surface area (Å²) in [6, 6.07) is 2.18. The summed E-state index contributed by atoms with van der Waals surface area (Å²) in [7, 11) is 0. The number of carbonyl (C=O) groups is 2. The van der Waals surface area contributed by atoms with Gasteiger partial charge in [0.2, 0.25) is 0 Å². The molecule has 0 unspecified atom stereocenters. The smallest absolute Gasteiger partial charge is 0.383 e. The van der Waals surface area contributed by atoms with E-state index in [2.05, 4.69) is 19.9 Å². The van der Waals surface area contributed by atoms with Crippen LogP contribution in [0.4, 0.5) is 24.8 Å². The average Bonchev–Trinajstić information content (AvgIpc) is 2.67. The van der Waals surface area contributed by atoms with E-state index in [1.165, 1.54) is 12.3 Å². The standard InChI is InChI=1S/C17H11F3N6O2/c18-17(19,20)11-3-8(4-24-15(11)21)12-5-25-16(22)14(26-12)9-1-2-23-13(7-28)10(9)6-27/h1-7H,(H2,21,24)(H2,22,25). The van der Waals surface area contributed by atoms with Gasteiger partial charge < -0.3 is 11.5 Å². The Morgan fingerprint density at radius 3 is 2.32 bits per heavy atom. The zero-order valence-corrected chi connectivity index (χ0v) is 13.9. The Bertz CT molecular complexity index is 1080. The normalized spacial score (nSPS) is 11.2. The van der Waals surface area contributed by atoms with Gasteiger partial charge in [0, 0.05) is 23.5 Å². The van der Waals surface area contributed by atoms with Crippen molar-refractivity contribution in [2.24, 2.45) is 0 Å². The molecule has 4 N–H and O–H groups in total. The van der Waals surface area contributed by atoms with Gasteiger partial charge in [-0.25, -0.2) is 15.0 Å². The number of nitrogens with zero attached hydrogens (tertiary/aromatic N) is 4. The highest BCUT2D eigenvalue weighted by atomic mass is 19.4. The van der Waals surface area contributed by atoms with Crippen molar-refractivity contribution < 1.29 is 22.8 Å². The van der Waals surface area contributed by atoms with Gasteiger partial charge in [-0.3, -0.25) is 14.6 Å². The quantitative estimate of drug-likeness (QED) is 0.650. The molecule has 11 heteroatoms. The predicted octanol–water partition coefficient (Wildman–Crippen LogP) is 2.41. The molecule has 0 aliphatic rings. The van der Waals surface area contributed by atoms with Crippen LogP contribution in [0, 0.1) is 0 Å². The molecule has 0 aliphatic heterocycles. The lowest BCUT2D eigenvalue weighted by atomic mass is 10.0. The first-order valence-electron chi connectivity index (χ1n) is 7.61. The van der Waals surface area contributed by atoms with Crippen LogP contribution in [0.1, 0.15) is 26.4 Å². The Morgan fingerprint density at radius 1 is 0.964 bits per heavy atom. The lowest BCUT2D eigenvalue weighted by Gasteiger charge is -2.12. The largest absolute Gasteiger partial charge is 0.419 e. The van der Waals surface area contributed by atoms with E-state index in [-0.39, 0.29) is 39.6 Å². The molecule has 0 aromatic carbocycles. The van der Waals surface area contributed by atoms with Gasteiger partial charge in [-0.15, -0.1) is 0 Å². The molecule has 0 fully saturated rings. The van der Waals surface area contributed by atoms with Crippen LogP contribution in [-0.2, 0) is 6.18 Å². The number of aromatic nitrogens is 4. The molecular formula is C17H11F3N6O2. The van der Waals surface area contributed by atoms with Gasteiger partial charge >= 0.3 is 6.18 Å². The zero-order chi connectivity index (χ0) is 20.5. The molecule has 0 bridgehead atoms. The first-order chi connectivity index (χ1) is 13.3. The van der Waals surface area contributed by atoms with Crippen molar-refractivity contribution in [3.05, 3.63) is 47.5 Å². The highest BCUT2D eigenvalue weighted by molar-refractivity contribution is 5.96. The van der Waals surface area contributed by atoms with Gasteiger partial charge in [0.15, 0.2) is 12.6 Å². The Kier molecular flexibility index (Phi) is 4.74. The maximum atomic E-state index is 13.1. The van der Waals surface area contributed by atoms with Crippen LogP contribution in [0.15, 0.2) is 30.7 Å². The first-order valence-corrected chi connectivity index (χ1v) is 7.61. The van der Waals surface area contributed by atoms with Crippen molar-refractivity contribution in [3.63, 3.8) is 0 Å². The first kappa shape index (κ1) is 18.9. The Morgan fingerprint density at radius 2 is 1.68 bits per heavy atom. The third-order valence-electron chi connectivity index (χ3n) is 3.83. The highest BCUT2D eigenvalue weighted by Gasteiger charge is 2.34. The molecule has 3 rings (SSSR count). The Hall–Kier alpha value is -3.89. The van der Waals surface area contributed by atoms with E-state index in [0.29, 0.717) is 12.6 Å². The monoisotopic (exact) mass is 388 g/mol. The van der Waals surface area contributed by atoms with E-state index in [9.17, 15) is 22.8 Å². The molecule has 3 aromatic heterocycles. The molecule has 0 amide bonds. The second-order valence-corrected chi connectivity index (χ2v) is 5.54. The maximum absolute atomic E-state index is 13.1. The molecule has 0 saturated carbocycles. The molecule has 0 spiro atoms. The number of hydrogen-bond donors (Lipinski definition) is 2. The molecule has 0 atom stereocenters. The number of aldehydes is 2. The van der Waals surface area contributed by atoms with Crippen LogP contribution in [0.25, 0.3) is 22.5 Å². The van der Waals surface area contributed by atoms with Crippen LogP contribution in [0.3, 0.4) is 0 Å². The fourth-order valence-corrected chi connectivity index (χ4v) is 2.49. The Labute approximate surface area is 155 Å². The van der Waals surface area contributed by atoms with Gasteiger partial charge in [0.25, 0.3) is 0 Å². The summed E-state index contributed by atoms with van der Waals surface area (Å²) in [5.41, 5.74) is 9.99. The summed E-state index contributed by atoms with van der Waals surface area (Å²) in [6.45, 7) is 0. The zero-order valence-electron chi connectivity index (χ0n) is 13.9. The number of nitrogens with two attached hydrogens (primary N) is 2. The van der Waals surface area contributed by atoms with Crippen LogP contribution >= 0.6 is 0 Å². The van der Waals surface area contributed by atoms with Gasteiger partial charge in [-0.1, -0.05) is 0 Å². The van der Waals surface area contributed by atoms with Crippen molar-refractivity contribution in [2.45, 2.75) is 6.18 Å². The van der Waals surface area contributed by atoms with Gasteiger partial charge in [0.1, 0.15) is 23.0 Å². The van der Waals surface area contributed by atoms with E-state index in [0.717, 1.165) is 18.5 Å². The summed E-state index contributed by atoms with van der Waals surface area (Å²) in [5.74, 6) is -0.762. The van der Waals surface area contributed by atoms with Crippen molar-refractivity contribution in [1.29, 1.82) is 0 Å². The van der Waals surface area contributed by atoms with E-state index in [1.54, 1.807) is 0 Å². The fourth-order valence-electron chi connectivity index (χ4n) is 2.49. The van der Waals surface area contributed by atoms with Crippen molar-refractivity contribution in [3.8, 4) is 22.5 Å². The fraction of sp³-hybridized carbons (Fsp3) is 0.0588. The number of anilines is 2. The lowest BCUT2D eigenvalue weighted by molar-refractivity contribution is -0.137. The third kappa shape index (κ3) is 3.37. The van der Waals surface area contributed by atoms with E-state index in [4.69, 9.17) is 11.5 Å². The van der Waals surface area contributed by atoms with Crippen molar-refractivity contribution in [1.82, 2.24) is 19.9 Å². The van der Waals surface area contributed by atoms with Crippen molar-refractivity contribution in [2.75, 3.05) is 11.5 Å². The summed E-state index contributed by atoms with van der Waals surface area (Å²) < 4.78 is 39.2. The highest BCUT2D eigenvalue weighted by Crippen LogP contribution is 2.35. The van der Waals surface area contributed by atoms with Crippen LogP contribution in [0.2, 0.25) is 0 Å². The molecular weight excluding hydrogens is 377 g/mol. The predicted molar refractivity (Wildman–Crippen MR) is 93.1 cm³/mol. The van der Waals surface area contributed by atoms with Crippen LogP contribution in [0.5, 0.6) is 0 Å². The molecule has 8 nitrogen and oxygen atoms in total. The summed E-state index contributed by atoms with van der Waals surface area (Å²) in [6.07, 6.45) is -0.363. The molecule has 142 valence electrons. The average molecular weight is 388 g/mol. The molecule has 0 radical (unpaired) electrons. The Balaban J connectivity index is 2.20. The molecule has 3 heterocycles. The number of alkyl halides is 3. The van der Waals surface area contributed by atoms with E-state index in [1.807, 2.05) is 0 Å². The number of pyridine rings is 2. The SMILES string of the molecule is Nc1ncc(-c2cnc(N)c(-c3ccnc(C=O)c3C=O)n2)cc1C(F)(F)F. The number of rotatable bonds is 4. The number of nitrogen functional groups attached to an aromatic ring is 2. The summed E-state index contributed by atoms with van der Waals surface area (Å²) in [5, 5.41) is 0. The second-order valence-electron chi connectivity index (χ2n) is 5.54. The molecule has 0 aliphatic carbocycles. The van der Waals surface area contributed by atoms with E-state index >= 15 is 0 Å². The molecule has 3 aromatic rings. The number of halogens is 3. The topological polar surface area (TPSA) is 138 Å². The number of hydrogen-bond acceptors (Lipinski definition) is 8. The minimum atomic E-state index is -4.70. The van der Waals surface area contributed by atoms with Gasteiger partial charge in [-0.2, -0.15) is 13.2 Å². The number of carbonyl (C=O) groups excluding carboxylic acids is 2. The van der Waals surface area contributed by atoms with Gasteiger partial charge in [-0.05, 0) is 12.1 Å². The van der Waals surface area contributed by atoms with Gasteiger partial charge in [0.05, 0.1) is 23.0 Å². The van der Waals surface area contributed by atoms with Crippen molar-refractivity contribution >= 4 is 24.2 Å². The van der Waals surface area contributed by atoms with Crippen LogP contribution < -0.4 is 11.5 Å². The summed E-state index contributed by atoms with van der Waals surface area (Å²) >= 11 is 0. The lowest BCUT2D eigenvalue weighted by Crippen LogP contribution is -2.11. The van der Waals surface area contributed by atoms with Crippen LogP contribution in [-0.4, -0.2) is 32.5 Å². The maximum Gasteiger partial charge on any atom is 0.419 e. The third-order valence-corrected chi connectivity index (χ3v) is 3.83. The summed E-state index contributed by atoms with van der Waals surface area (Å²) in [4.78, 5) is 38.0. The minimum Gasteiger partial charge on any atom is -0.383 e. The molecule has 28 heavy (non-hydrogen) atoms. The van der Waals surface area contributed by atoms with E-state index < -0.39 is 17.6 Å². The second kappa shape index (κ2) is 7.02.